The predicted molar refractivity (Wildman–Crippen MR) is 62.4 cm³/mol. The van der Waals surface area contributed by atoms with Crippen molar-refractivity contribution in [2.24, 2.45) is 5.92 Å². The number of nitrogens with one attached hydrogen (secondary N) is 1. The van der Waals surface area contributed by atoms with Crippen molar-refractivity contribution in [3.8, 4) is 0 Å². The Morgan fingerprint density at radius 1 is 1.60 bits per heavy atom. The van der Waals surface area contributed by atoms with Crippen LogP contribution in [0.3, 0.4) is 0 Å². The van der Waals surface area contributed by atoms with Gasteiger partial charge in [0.05, 0.1) is 13.2 Å². The van der Waals surface area contributed by atoms with Crippen molar-refractivity contribution in [1.82, 2.24) is 10.2 Å². The Morgan fingerprint density at radius 2 is 2.33 bits per heavy atom. The molecule has 1 aliphatic rings. The first kappa shape index (κ1) is 14.7. The Morgan fingerprint density at radius 3 is 2.87 bits per heavy atom. The van der Waals surface area contributed by atoms with Gasteiger partial charge in [-0.3, -0.25) is 4.79 Å². The summed E-state index contributed by atoms with van der Waals surface area (Å²) in [6, 6.07) is 0. The van der Waals surface area contributed by atoms with Crippen molar-refractivity contribution in [2.45, 2.75) is 12.8 Å². The summed E-state index contributed by atoms with van der Waals surface area (Å²) in [7, 11) is 3.64. The number of hydrogen-bond donors (Lipinski definition) is 1. The van der Waals surface area contributed by atoms with Crippen molar-refractivity contribution in [2.75, 3.05) is 40.4 Å². The smallest absolute Gasteiger partial charge is 0.236 e. The quantitative estimate of drug-likeness (QED) is 0.774. The fraction of sp³-hybridized carbons (Fsp3) is 0.900. The van der Waals surface area contributed by atoms with E-state index in [1.54, 1.807) is 11.9 Å². The fourth-order valence-corrected chi connectivity index (χ4v) is 1.73. The molecule has 0 aromatic heterocycles. The maximum atomic E-state index is 11.4. The zero-order valence-corrected chi connectivity index (χ0v) is 10.3. The van der Waals surface area contributed by atoms with Gasteiger partial charge in [0.2, 0.25) is 5.91 Å². The lowest BCUT2D eigenvalue weighted by Gasteiger charge is -2.27. The van der Waals surface area contributed by atoms with E-state index >= 15 is 0 Å². The van der Waals surface area contributed by atoms with Gasteiger partial charge >= 0.3 is 0 Å². The van der Waals surface area contributed by atoms with Crippen LogP contribution in [0.5, 0.6) is 0 Å². The number of likely N-dealkylation sites (N-methyl/N-ethyl adjacent to an activating group) is 2. The first-order valence-corrected chi connectivity index (χ1v) is 5.20. The third-order valence-corrected chi connectivity index (χ3v) is 2.54. The average Bonchev–Trinajstić information content (AvgIpc) is 2.19. The van der Waals surface area contributed by atoms with Crippen LogP contribution >= 0.6 is 12.4 Å². The second-order valence-electron chi connectivity index (χ2n) is 3.89. The van der Waals surface area contributed by atoms with Crippen molar-refractivity contribution in [3.63, 3.8) is 0 Å². The number of ether oxygens (including phenoxy) is 1. The Labute approximate surface area is 97.8 Å². The SMILES string of the molecule is CNCC(=O)N(C)CC1CCCOC1.Cl. The number of carbonyl (C=O) groups is 1. The summed E-state index contributed by atoms with van der Waals surface area (Å²) in [4.78, 5) is 13.2. The summed E-state index contributed by atoms with van der Waals surface area (Å²) in [5, 5.41) is 2.86. The monoisotopic (exact) mass is 236 g/mol. The third kappa shape index (κ3) is 5.35. The minimum absolute atomic E-state index is 0. The van der Waals surface area contributed by atoms with Crippen LogP contribution in [0.15, 0.2) is 0 Å². The van der Waals surface area contributed by atoms with Gasteiger partial charge in [-0.25, -0.2) is 0 Å². The van der Waals surface area contributed by atoms with E-state index in [9.17, 15) is 4.79 Å². The van der Waals surface area contributed by atoms with E-state index in [-0.39, 0.29) is 18.3 Å². The molecule has 0 radical (unpaired) electrons. The standard InChI is InChI=1S/C10H20N2O2.ClH/c1-11-6-10(13)12(2)7-9-4-3-5-14-8-9;/h9,11H,3-8H2,1-2H3;1H. The van der Waals surface area contributed by atoms with Gasteiger partial charge in [0, 0.05) is 20.2 Å². The lowest BCUT2D eigenvalue weighted by atomic mass is 10.0. The van der Waals surface area contributed by atoms with Crippen molar-refractivity contribution in [3.05, 3.63) is 0 Å². The Bertz CT molecular complexity index is 184. The summed E-state index contributed by atoms with van der Waals surface area (Å²) in [5.74, 6) is 0.674. The van der Waals surface area contributed by atoms with E-state index in [2.05, 4.69) is 5.32 Å². The summed E-state index contributed by atoms with van der Waals surface area (Å²) >= 11 is 0. The first-order valence-electron chi connectivity index (χ1n) is 5.20. The lowest BCUT2D eigenvalue weighted by Crippen LogP contribution is -2.39. The second-order valence-corrected chi connectivity index (χ2v) is 3.89. The predicted octanol–water partition coefficient (Wildman–Crippen LogP) is 0.513. The molecule has 0 spiro atoms. The molecule has 1 unspecified atom stereocenters. The molecule has 0 aliphatic carbocycles. The van der Waals surface area contributed by atoms with Gasteiger partial charge in [-0.15, -0.1) is 12.4 Å². The molecule has 5 heteroatoms. The number of carbonyl (C=O) groups excluding carboxylic acids is 1. The van der Waals surface area contributed by atoms with Crippen molar-refractivity contribution in [1.29, 1.82) is 0 Å². The van der Waals surface area contributed by atoms with Gasteiger partial charge in [0.15, 0.2) is 0 Å². The number of halogens is 1. The van der Waals surface area contributed by atoms with E-state index in [0.717, 1.165) is 26.2 Å². The maximum Gasteiger partial charge on any atom is 0.236 e. The minimum Gasteiger partial charge on any atom is -0.381 e. The van der Waals surface area contributed by atoms with Gasteiger partial charge in [0.1, 0.15) is 0 Å². The van der Waals surface area contributed by atoms with Crippen molar-refractivity contribution >= 4 is 18.3 Å². The van der Waals surface area contributed by atoms with E-state index < -0.39 is 0 Å². The minimum atomic E-state index is 0. The molecule has 1 heterocycles. The van der Waals surface area contributed by atoms with Crippen LogP contribution < -0.4 is 5.32 Å². The number of rotatable bonds is 4. The summed E-state index contributed by atoms with van der Waals surface area (Å²) in [6.45, 7) is 2.92. The normalized spacial score (nSPS) is 20.5. The van der Waals surface area contributed by atoms with Crippen molar-refractivity contribution < 1.29 is 9.53 Å². The molecule has 90 valence electrons. The Hall–Kier alpha value is -0.320. The molecule has 0 aromatic carbocycles. The van der Waals surface area contributed by atoms with Gasteiger partial charge in [0.25, 0.3) is 0 Å². The maximum absolute atomic E-state index is 11.4. The third-order valence-electron chi connectivity index (χ3n) is 2.54. The van der Waals surface area contributed by atoms with E-state index in [0.29, 0.717) is 12.5 Å². The van der Waals surface area contributed by atoms with Gasteiger partial charge < -0.3 is 15.0 Å². The zero-order valence-electron chi connectivity index (χ0n) is 9.49. The molecule has 15 heavy (non-hydrogen) atoms. The number of hydrogen-bond acceptors (Lipinski definition) is 3. The highest BCUT2D eigenvalue weighted by Gasteiger charge is 2.17. The van der Waals surface area contributed by atoms with Crippen LogP contribution in [0.25, 0.3) is 0 Å². The molecule has 1 aliphatic heterocycles. The highest BCUT2D eigenvalue weighted by Crippen LogP contribution is 2.14. The second kappa shape index (κ2) is 7.91. The van der Waals surface area contributed by atoms with Crippen LogP contribution in [0.1, 0.15) is 12.8 Å². The molecular weight excluding hydrogens is 216 g/mol. The molecule has 0 saturated carbocycles. The van der Waals surface area contributed by atoms with Crippen LogP contribution in [0.4, 0.5) is 0 Å². The molecule has 1 N–H and O–H groups in total. The Balaban J connectivity index is 0.00000196. The molecule has 1 amide bonds. The molecule has 1 saturated heterocycles. The first-order chi connectivity index (χ1) is 6.74. The van der Waals surface area contributed by atoms with Crippen LogP contribution in [-0.4, -0.2) is 51.2 Å². The number of amides is 1. The van der Waals surface area contributed by atoms with Gasteiger partial charge in [-0.2, -0.15) is 0 Å². The molecule has 1 fully saturated rings. The lowest BCUT2D eigenvalue weighted by molar-refractivity contribution is -0.130. The molecule has 1 rings (SSSR count). The number of nitrogens with zero attached hydrogens (tertiary/aromatic N) is 1. The van der Waals surface area contributed by atoms with Crippen LogP contribution in [-0.2, 0) is 9.53 Å². The Kier molecular flexibility index (Phi) is 7.74. The zero-order chi connectivity index (χ0) is 10.4. The molecule has 4 nitrogen and oxygen atoms in total. The van der Waals surface area contributed by atoms with Crippen LogP contribution in [0.2, 0.25) is 0 Å². The van der Waals surface area contributed by atoms with Crippen LogP contribution in [0, 0.1) is 5.92 Å². The highest BCUT2D eigenvalue weighted by atomic mass is 35.5. The van der Waals surface area contributed by atoms with E-state index in [1.807, 2.05) is 7.05 Å². The molecular formula is C10H21ClN2O2. The largest absolute Gasteiger partial charge is 0.381 e. The summed E-state index contributed by atoms with van der Waals surface area (Å²) < 4.78 is 5.37. The molecule has 0 bridgehead atoms. The summed E-state index contributed by atoms with van der Waals surface area (Å²) in [6.07, 6.45) is 2.30. The fourth-order valence-electron chi connectivity index (χ4n) is 1.73. The molecule has 0 aromatic rings. The van der Waals surface area contributed by atoms with E-state index in [4.69, 9.17) is 4.74 Å². The van der Waals surface area contributed by atoms with Gasteiger partial charge in [-0.05, 0) is 25.8 Å². The van der Waals surface area contributed by atoms with E-state index in [1.165, 1.54) is 6.42 Å². The topological polar surface area (TPSA) is 41.6 Å². The summed E-state index contributed by atoms with van der Waals surface area (Å²) in [5.41, 5.74) is 0. The highest BCUT2D eigenvalue weighted by molar-refractivity contribution is 5.85. The van der Waals surface area contributed by atoms with Gasteiger partial charge in [-0.1, -0.05) is 0 Å². The molecule has 1 atom stereocenters. The average molecular weight is 237 g/mol.